The summed E-state index contributed by atoms with van der Waals surface area (Å²) < 4.78 is 6.89. The number of rotatable bonds is 6. The zero-order valence-corrected chi connectivity index (χ0v) is 15.4. The van der Waals surface area contributed by atoms with Gasteiger partial charge in [0.1, 0.15) is 0 Å². The number of aromatic nitrogens is 3. The van der Waals surface area contributed by atoms with E-state index in [1.165, 1.54) is 15.9 Å². The lowest BCUT2D eigenvalue weighted by Crippen LogP contribution is -2.53. The molecule has 24 heavy (non-hydrogen) atoms. The number of likely N-dealkylation sites (N-methyl/N-ethyl adjacent to an activating group) is 1. The molecule has 0 atom stereocenters. The molecule has 1 fully saturated rings. The maximum Gasteiger partial charge on any atom is 0.275 e. The van der Waals surface area contributed by atoms with Crippen molar-refractivity contribution in [3.63, 3.8) is 0 Å². The highest BCUT2D eigenvalue weighted by Crippen LogP contribution is 2.27. The molecule has 2 aromatic heterocycles. The first-order chi connectivity index (χ1) is 11.5. The van der Waals surface area contributed by atoms with Crippen molar-refractivity contribution in [2.45, 2.75) is 38.1 Å². The van der Waals surface area contributed by atoms with Crippen LogP contribution in [0.25, 0.3) is 4.96 Å². The van der Waals surface area contributed by atoms with E-state index in [0.717, 1.165) is 56.3 Å². The summed E-state index contributed by atoms with van der Waals surface area (Å²) in [5, 5.41) is 8.54. The molecule has 0 bridgehead atoms. The quantitative estimate of drug-likeness (QED) is 0.853. The van der Waals surface area contributed by atoms with E-state index < -0.39 is 0 Å². The predicted octanol–water partition coefficient (Wildman–Crippen LogP) is 1.63. The average molecular weight is 351 g/mol. The van der Waals surface area contributed by atoms with E-state index in [0.29, 0.717) is 4.96 Å². The van der Waals surface area contributed by atoms with Gasteiger partial charge in [-0.3, -0.25) is 4.79 Å². The Morgan fingerprint density at radius 3 is 2.83 bits per heavy atom. The van der Waals surface area contributed by atoms with Crippen molar-refractivity contribution in [2.75, 3.05) is 39.2 Å². The molecular weight excluding hydrogens is 326 g/mol. The fraction of sp³-hybridized carbons (Fsp3) is 0.688. The minimum absolute atomic E-state index is 0.0574. The van der Waals surface area contributed by atoms with Gasteiger partial charge in [0.05, 0.1) is 0 Å². The molecule has 0 unspecified atom stereocenters. The van der Waals surface area contributed by atoms with Crippen molar-refractivity contribution in [1.29, 1.82) is 0 Å². The van der Waals surface area contributed by atoms with Crippen LogP contribution in [0.2, 0.25) is 0 Å². The molecule has 1 saturated heterocycles. The third kappa shape index (κ3) is 3.45. The van der Waals surface area contributed by atoms with E-state index in [1.807, 2.05) is 0 Å². The summed E-state index contributed by atoms with van der Waals surface area (Å²) in [6.07, 6.45) is 3.75. The molecule has 0 aliphatic carbocycles. The number of anilines is 1. The van der Waals surface area contributed by atoms with E-state index in [-0.39, 0.29) is 11.1 Å². The second-order valence-electron chi connectivity index (χ2n) is 6.52. The van der Waals surface area contributed by atoms with Crippen LogP contribution in [0, 0.1) is 0 Å². The topological polar surface area (TPSA) is 71.8 Å². The van der Waals surface area contributed by atoms with Gasteiger partial charge in [0.15, 0.2) is 0 Å². The Morgan fingerprint density at radius 1 is 1.42 bits per heavy atom. The highest BCUT2D eigenvalue weighted by molar-refractivity contribution is 7.20. The van der Waals surface area contributed by atoms with Crippen molar-refractivity contribution >= 4 is 21.4 Å². The summed E-state index contributed by atoms with van der Waals surface area (Å²) in [7, 11) is 4.21. The van der Waals surface area contributed by atoms with Gasteiger partial charge in [-0.15, -0.1) is 5.10 Å². The second kappa shape index (κ2) is 7.16. The molecule has 0 saturated carbocycles. The molecule has 1 N–H and O–H groups in total. The molecule has 0 radical (unpaired) electrons. The Kier molecular flexibility index (Phi) is 5.17. The van der Waals surface area contributed by atoms with Crippen LogP contribution in [0.3, 0.4) is 0 Å². The van der Waals surface area contributed by atoms with E-state index >= 15 is 0 Å². The van der Waals surface area contributed by atoms with Crippen LogP contribution in [0.15, 0.2) is 10.9 Å². The van der Waals surface area contributed by atoms with Gasteiger partial charge in [-0.05, 0) is 33.4 Å². The van der Waals surface area contributed by atoms with Crippen LogP contribution >= 0.6 is 11.3 Å². The maximum absolute atomic E-state index is 12.2. The third-order valence-corrected chi connectivity index (χ3v) is 5.61. The molecule has 8 heteroatoms. The van der Waals surface area contributed by atoms with Crippen LogP contribution in [-0.2, 0) is 11.2 Å². The van der Waals surface area contributed by atoms with Gasteiger partial charge in [0.2, 0.25) is 10.1 Å². The number of aryl methyl sites for hydroxylation is 1. The fourth-order valence-corrected chi connectivity index (χ4v) is 3.91. The van der Waals surface area contributed by atoms with Gasteiger partial charge in [0.25, 0.3) is 5.56 Å². The highest BCUT2D eigenvalue weighted by Gasteiger charge is 2.34. The normalized spacial score (nSPS) is 17.5. The van der Waals surface area contributed by atoms with Crippen LogP contribution in [-0.4, -0.2) is 58.9 Å². The largest absolute Gasteiger partial charge is 0.381 e. The van der Waals surface area contributed by atoms with Crippen molar-refractivity contribution < 1.29 is 4.74 Å². The van der Waals surface area contributed by atoms with Crippen LogP contribution < -0.4 is 10.9 Å². The maximum atomic E-state index is 12.2. The van der Waals surface area contributed by atoms with E-state index in [1.54, 1.807) is 6.07 Å². The average Bonchev–Trinajstić information content (AvgIpc) is 2.98. The minimum atomic E-state index is -0.110. The summed E-state index contributed by atoms with van der Waals surface area (Å²) in [4.78, 5) is 19.6. The number of ether oxygens (including phenoxy) is 1. The zero-order chi connectivity index (χ0) is 17.2. The van der Waals surface area contributed by atoms with Crippen LogP contribution in [0.5, 0.6) is 0 Å². The third-order valence-electron chi connectivity index (χ3n) is 4.75. The molecule has 0 aromatic carbocycles. The summed E-state index contributed by atoms with van der Waals surface area (Å²) in [5.74, 6) is 0. The van der Waals surface area contributed by atoms with E-state index in [2.05, 4.69) is 41.3 Å². The summed E-state index contributed by atoms with van der Waals surface area (Å²) >= 11 is 1.43. The van der Waals surface area contributed by atoms with Crippen molar-refractivity contribution in [3.05, 3.63) is 22.1 Å². The lowest BCUT2D eigenvalue weighted by Gasteiger charge is -2.42. The Bertz CT molecular complexity index is 748. The number of nitrogens with zero attached hydrogens (tertiary/aromatic N) is 4. The molecule has 7 nitrogen and oxygen atoms in total. The highest BCUT2D eigenvalue weighted by atomic mass is 32.1. The first-order valence-electron chi connectivity index (χ1n) is 8.43. The van der Waals surface area contributed by atoms with Crippen molar-refractivity contribution in [2.24, 2.45) is 0 Å². The molecule has 132 valence electrons. The van der Waals surface area contributed by atoms with Crippen molar-refractivity contribution in [1.82, 2.24) is 19.5 Å². The summed E-state index contributed by atoms with van der Waals surface area (Å²) in [6, 6.07) is 1.58. The lowest BCUT2D eigenvalue weighted by atomic mass is 9.89. The monoisotopic (exact) mass is 351 g/mol. The Balaban J connectivity index is 1.80. The molecule has 2 aromatic rings. The number of fused-ring (bicyclic) bond motifs is 1. The van der Waals surface area contributed by atoms with E-state index in [4.69, 9.17) is 4.74 Å². The first-order valence-corrected chi connectivity index (χ1v) is 9.24. The number of nitrogens with one attached hydrogen (secondary N) is 1. The Labute approximate surface area is 145 Å². The minimum Gasteiger partial charge on any atom is -0.381 e. The SMILES string of the molecule is CCCc1cc(=O)n2nc(NCC3(N(C)C)CCOCC3)sc2n1. The first kappa shape index (κ1) is 17.3. The van der Waals surface area contributed by atoms with E-state index in [9.17, 15) is 4.79 Å². The molecular formula is C16H25N5O2S. The second-order valence-corrected chi connectivity index (χ2v) is 7.48. The number of hydrogen-bond acceptors (Lipinski definition) is 7. The van der Waals surface area contributed by atoms with Gasteiger partial charge in [-0.2, -0.15) is 4.52 Å². The van der Waals surface area contributed by atoms with Crippen LogP contribution in [0.1, 0.15) is 31.9 Å². The standard InChI is InChI=1S/C16H25N5O2S/c1-4-5-12-10-13(22)21-15(18-12)24-14(19-21)17-11-16(20(2)3)6-8-23-9-7-16/h10H,4-9,11H2,1-3H3,(H,17,19). The smallest absolute Gasteiger partial charge is 0.275 e. The van der Waals surface area contributed by atoms with Gasteiger partial charge >= 0.3 is 0 Å². The van der Waals surface area contributed by atoms with Crippen molar-refractivity contribution in [3.8, 4) is 0 Å². The lowest BCUT2D eigenvalue weighted by molar-refractivity contribution is -0.000636. The zero-order valence-electron chi connectivity index (χ0n) is 14.5. The number of hydrogen-bond donors (Lipinski definition) is 1. The predicted molar refractivity (Wildman–Crippen MR) is 96.1 cm³/mol. The molecule has 1 aliphatic rings. The van der Waals surface area contributed by atoms with Gasteiger partial charge in [0, 0.05) is 37.1 Å². The van der Waals surface area contributed by atoms with Gasteiger partial charge < -0.3 is 15.0 Å². The van der Waals surface area contributed by atoms with Gasteiger partial charge in [-0.1, -0.05) is 24.7 Å². The molecule has 0 amide bonds. The Hall–Kier alpha value is -1.51. The fourth-order valence-electron chi connectivity index (χ4n) is 3.09. The summed E-state index contributed by atoms with van der Waals surface area (Å²) in [6.45, 7) is 4.42. The van der Waals surface area contributed by atoms with Gasteiger partial charge in [-0.25, -0.2) is 4.98 Å². The molecule has 3 rings (SSSR count). The summed E-state index contributed by atoms with van der Waals surface area (Å²) in [5.41, 5.74) is 0.787. The molecule has 0 spiro atoms. The van der Waals surface area contributed by atoms with Crippen LogP contribution in [0.4, 0.5) is 5.13 Å². The molecule has 3 heterocycles. The molecule has 1 aliphatic heterocycles. The Morgan fingerprint density at radius 2 is 2.17 bits per heavy atom.